The highest BCUT2D eigenvalue weighted by molar-refractivity contribution is 5.97. The summed E-state index contributed by atoms with van der Waals surface area (Å²) in [5.41, 5.74) is 0.935. The van der Waals surface area contributed by atoms with Crippen LogP contribution in [0.3, 0.4) is 0 Å². The number of morpholine rings is 1. The fraction of sp³-hybridized carbons (Fsp3) is 0.385. The third kappa shape index (κ3) is 2.68. The standard InChI is InChI=1S/C13H15NO5/c1-8-2-3-9(6-11(8)15)12(16)14-4-5-19-7-10(14)13(17)18/h2-3,6,10,15H,4-5,7H2,1H3,(H,17,18). The molecule has 0 aliphatic carbocycles. The van der Waals surface area contributed by atoms with E-state index in [-0.39, 0.29) is 24.5 Å². The van der Waals surface area contributed by atoms with E-state index in [0.29, 0.717) is 12.2 Å². The molecule has 1 aromatic carbocycles. The summed E-state index contributed by atoms with van der Waals surface area (Å²) in [4.78, 5) is 24.6. The molecule has 2 N–H and O–H groups in total. The Balaban J connectivity index is 2.26. The monoisotopic (exact) mass is 265 g/mol. The Morgan fingerprint density at radius 2 is 2.16 bits per heavy atom. The molecule has 0 aromatic heterocycles. The summed E-state index contributed by atoms with van der Waals surface area (Å²) in [5, 5.41) is 18.7. The summed E-state index contributed by atoms with van der Waals surface area (Å²) in [6.07, 6.45) is 0. The van der Waals surface area contributed by atoms with E-state index in [9.17, 15) is 14.7 Å². The molecule has 0 bridgehead atoms. The maximum Gasteiger partial charge on any atom is 0.328 e. The normalized spacial score (nSPS) is 19.2. The largest absolute Gasteiger partial charge is 0.508 e. The number of amides is 1. The van der Waals surface area contributed by atoms with Crippen molar-refractivity contribution in [2.75, 3.05) is 19.8 Å². The number of hydrogen-bond acceptors (Lipinski definition) is 4. The Morgan fingerprint density at radius 1 is 1.42 bits per heavy atom. The molecule has 102 valence electrons. The lowest BCUT2D eigenvalue weighted by Crippen LogP contribution is -2.52. The van der Waals surface area contributed by atoms with Crippen molar-refractivity contribution >= 4 is 11.9 Å². The van der Waals surface area contributed by atoms with Gasteiger partial charge in [0.05, 0.1) is 13.2 Å². The van der Waals surface area contributed by atoms with Crippen LogP contribution in [0.2, 0.25) is 0 Å². The first-order valence-corrected chi connectivity index (χ1v) is 5.92. The summed E-state index contributed by atoms with van der Waals surface area (Å²) in [7, 11) is 0. The van der Waals surface area contributed by atoms with Gasteiger partial charge in [-0.05, 0) is 24.6 Å². The van der Waals surface area contributed by atoms with Crippen molar-refractivity contribution in [3.05, 3.63) is 29.3 Å². The van der Waals surface area contributed by atoms with E-state index >= 15 is 0 Å². The van der Waals surface area contributed by atoms with Crippen molar-refractivity contribution in [1.29, 1.82) is 0 Å². The Labute approximate surface area is 110 Å². The minimum Gasteiger partial charge on any atom is -0.508 e. The predicted octanol–water partition coefficient (Wildman–Crippen LogP) is 0.626. The average Bonchev–Trinajstić information content (AvgIpc) is 2.41. The molecule has 19 heavy (non-hydrogen) atoms. The van der Waals surface area contributed by atoms with Crippen LogP contribution in [0.15, 0.2) is 18.2 Å². The highest BCUT2D eigenvalue weighted by atomic mass is 16.5. The van der Waals surface area contributed by atoms with Gasteiger partial charge in [0.2, 0.25) is 0 Å². The predicted molar refractivity (Wildman–Crippen MR) is 66.1 cm³/mol. The number of hydrogen-bond donors (Lipinski definition) is 2. The lowest BCUT2D eigenvalue weighted by atomic mass is 10.1. The van der Waals surface area contributed by atoms with Crippen molar-refractivity contribution < 1.29 is 24.5 Å². The van der Waals surface area contributed by atoms with Crippen LogP contribution >= 0.6 is 0 Å². The van der Waals surface area contributed by atoms with E-state index in [1.54, 1.807) is 19.1 Å². The molecule has 1 aliphatic heterocycles. The minimum absolute atomic E-state index is 0.0150. The van der Waals surface area contributed by atoms with Gasteiger partial charge >= 0.3 is 5.97 Å². The van der Waals surface area contributed by atoms with Gasteiger partial charge < -0.3 is 19.8 Å². The first kappa shape index (κ1) is 13.4. The summed E-state index contributed by atoms with van der Waals surface area (Å²) in [5.74, 6) is -1.48. The maximum atomic E-state index is 12.3. The number of carbonyl (C=O) groups excluding carboxylic acids is 1. The molecular formula is C13H15NO5. The van der Waals surface area contributed by atoms with Crippen LogP contribution in [0.4, 0.5) is 0 Å². The van der Waals surface area contributed by atoms with Gasteiger partial charge in [-0.15, -0.1) is 0 Å². The Kier molecular flexibility index (Phi) is 3.71. The van der Waals surface area contributed by atoms with E-state index in [1.807, 2.05) is 0 Å². The zero-order valence-corrected chi connectivity index (χ0v) is 10.5. The van der Waals surface area contributed by atoms with E-state index in [1.165, 1.54) is 11.0 Å². The van der Waals surface area contributed by atoms with Gasteiger partial charge in [0.1, 0.15) is 5.75 Å². The van der Waals surface area contributed by atoms with Gasteiger partial charge in [0.15, 0.2) is 6.04 Å². The topological polar surface area (TPSA) is 87.1 Å². The molecule has 1 aromatic rings. The lowest BCUT2D eigenvalue weighted by Gasteiger charge is -2.32. The van der Waals surface area contributed by atoms with Gasteiger partial charge in [-0.25, -0.2) is 4.79 Å². The number of phenols is 1. The third-order valence-electron chi connectivity index (χ3n) is 3.13. The molecular weight excluding hydrogens is 250 g/mol. The van der Waals surface area contributed by atoms with Crippen LogP contribution in [0.25, 0.3) is 0 Å². The zero-order valence-electron chi connectivity index (χ0n) is 10.5. The Bertz CT molecular complexity index is 514. The fourth-order valence-electron chi connectivity index (χ4n) is 1.96. The number of aromatic hydroxyl groups is 1. The van der Waals surface area contributed by atoms with Crippen LogP contribution in [0, 0.1) is 6.92 Å². The number of carbonyl (C=O) groups is 2. The van der Waals surface area contributed by atoms with Crippen LogP contribution in [-0.4, -0.2) is 52.8 Å². The molecule has 0 radical (unpaired) electrons. The van der Waals surface area contributed by atoms with Crippen molar-refractivity contribution in [1.82, 2.24) is 4.90 Å². The fourth-order valence-corrected chi connectivity index (χ4v) is 1.96. The highest BCUT2D eigenvalue weighted by Gasteiger charge is 2.33. The Hall–Kier alpha value is -2.08. The molecule has 1 fully saturated rings. The molecule has 1 aliphatic rings. The number of benzene rings is 1. The third-order valence-corrected chi connectivity index (χ3v) is 3.13. The summed E-state index contributed by atoms with van der Waals surface area (Å²) in [6, 6.07) is 3.57. The van der Waals surface area contributed by atoms with Gasteiger partial charge in [-0.3, -0.25) is 4.79 Å². The van der Waals surface area contributed by atoms with E-state index in [2.05, 4.69) is 0 Å². The van der Waals surface area contributed by atoms with E-state index < -0.39 is 17.9 Å². The first-order valence-electron chi connectivity index (χ1n) is 5.92. The number of carboxylic acid groups (broad SMARTS) is 1. The zero-order chi connectivity index (χ0) is 14.0. The van der Waals surface area contributed by atoms with Crippen LogP contribution in [0.1, 0.15) is 15.9 Å². The summed E-state index contributed by atoms with van der Waals surface area (Å²) < 4.78 is 5.08. The quantitative estimate of drug-likeness (QED) is 0.818. The number of aryl methyl sites for hydroxylation is 1. The van der Waals surface area contributed by atoms with Gasteiger partial charge in [0.25, 0.3) is 5.91 Å². The molecule has 2 rings (SSSR count). The number of nitrogens with zero attached hydrogens (tertiary/aromatic N) is 1. The molecule has 1 amide bonds. The Morgan fingerprint density at radius 3 is 2.79 bits per heavy atom. The molecule has 6 nitrogen and oxygen atoms in total. The van der Waals surface area contributed by atoms with Crippen molar-refractivity contribution in [2.45, 2.75) is 13.0 Å². The van der Waals surface area contributed by atoms with Crippen LogP contribution in [-0.2, 0) is 9.53 Å². The molecule has 6 heteroatoms. The number of rotatable bonds is 2. The van der Waals surface area contributed by atoms with Crippen molar-refractivity contribution in [3.8, 4) is 5.75 Å². The second-order valence-corrected chi connectivity index (χ2v) is 4.43. The van der Waals surface area contributed by atoms with Crippen molar-refractivity contribution in [3.63, 3.8) is 0 Å². The molecule has 1 atom stereocenters. The minimum atomic E-state index is -1.09. The van der Waals surface area contributed by atoms with Gasteiger partial charge in [-0.1, -0.05) is 6.07 Å². The first-order chi connectivity index (χ1) is 9.00. The van der Waals surface area contributed by atoms with Crippen LogP contribution in [0.5, 0.6) is 5.75 Å². The van der Waals surface area contributed by atoms with Crippen LogP contribution < -0.4 is 0 Å². The summed E-state index contributed by atoms with van der Waals surface area (Å²) in [6.45, 7) is 2.25. The second-order valence-electron chi connectivity index (χ2n) is 4.43. The molecule has 1 heterocycles. The molecule has 0 spiro atoms. The number of phenolic OH excluding ortho intramolecular Hbond substituents is 1. The molecule has 1 saturated heterocycles. The SMILES string of the molecule is Cc1ccc(C(=O)N2CCOCC2C(=O)O)cc1O. The highest BCUT2D eigenvalue weighted by Crippen LogP contribution is 2.20. The van der Waals surface area contributed by atoms with E-state index in [4.69, 9.17) is 9.84 Å². The number of carboxylic acids is 1. The van der Waals surface area contributed by atoms with Gasteiger partial charge in [0, 0.05) is 12.1 Å². The second kappa shape index (κ2) is 5.27. The molecule has 1 unspecified atom stereocenters. The van der Waals surface area contributed by atoms with E-state index in [0.717, 1.165) is 0 Å². The van der Waals surface area contributed by atoms with Gasteiger partial charge in [-0.2, -0.15) is 0 Å². The number of ether oxygens (including phenoxy) is 1. The summed E-state index contributed by atoms with van der Waals surface area (Å²) >= 11 is 0. The smallest absolute Gasteiger partial charge is 0.328 e. The average molecular weight is 265 g/mol. The molecule has 0 saturated carbocycles. The number of aliphatic carboxylic acids is 1. The van der Waals surface area contributed by atoms with Crippen molar-refractivity contribution in [2.24, 2.45) is 0 Å². The maximum absolute atomic E-state index is 12.3. The lowest BCUT2D eigenvalue weighted by molar-refractivity contribution is -0.147.